The van der Waals surface area contributed by atoms with Crippen LogP contribution in [-0.4, -0.2) is 33.6 Å². The van der Waals surface area contributed by atoms with E-state index in [4.69, 9.17) is 0 Å². The van der Waals surface area contributed by atoms with Gasteiger partial charge in [0.15, 0.2) is 5.13 Å². The number of nitrogens with one attached hydrogen (secondary N) is 1. The summed E-state index contributed by atoms with van der Waals surface area (Å²) >= 11 is 1.39. The number of nitrogens with zero attached hydrogens (tertiary/aromatic N) is 2. The van der Waals surface area contributed by atoms with Crippen LogP contribution in [0.1, 0.15) is 30.2 Å². The highest BCUT2D eigenvalue weighted by Gasteiger charge is 2.36. The summed E-state index contributed by atoms with van der Waals surface area (Å²) in [5, 5.41) is 3.16. The summed E-state index contributed by atoms with van der Waals surface area (Å²) in [6.45, 7) is 1.55. The molecular formula is C17H17N3O3S. The molecule has 3 rings (SSSR count). The molecule has 0 aliphatic carbocycles. The van der Waals surface area contributed by atoms with Crippen molar-refractivity contribution in [2.24, 2.45) is 0 Å². The Morgan fingerprint density at radius 3 is 2.58 bits per heavy atom. The van der Waals surface area contributed by atoms with Gasteiger partial charge in [-0.05, 0) is 12.5 Å². The second kappa shape index (κ2) is 6.92. The molecule has 2 aromatic rings. The Morgan fingerprint density at radius 2 is 1.92 bits per heavy atom. The van der Waals surface area contributed by atoms with E-state index in [-0.39, 0.29) is 24.7 Å². The van der Waals surface area contributed by atoms with Crippen LogP contribution in [-0.2, 0) is 20.8 Å². The first-order valence-electron chi connectivity index (χ1n) is 7.69. The lowest BCUT2D eigenvalue weighted by Gasteiger charge is -2.20. The van der Waals surface area contributed by atoms with Crippen LogP contribution in [0.5, 0.6) is 0 Å². The first kappa shape index (κ1) is 16.3. The van der Waals surface area contributed by atoms with Gasteiger partial charge < -0.3 is 5.32 Å². The fourth-order valence-electron chi connectivity index (χ4n) is 2.60. The van der Waals surface area contributed by atoms with Gasteiger partial charge in [-0.25, -0.2) is 4.98 Å². The van der Waals surface area contributed by atoms with E-state index >= 15 is 0 Å². The Morgan fingerprint density at radius 1 is 1.25 bits per heavy atom. The van der Waals surface area contributed by atoms with Gasteiger partial charge in [0.1, 0.15) is 6.04 Å². The minimum absolute atomic E-state index is 0.176. The van der Waals surface area contributed by atoms with E-state index in [0.29, 0.717) is 5.13 Å². The molecule has 2 heterocycles. The number of hydrogen-bond donors (Lipinski definition) is 1. The maximum Gasteiger partial charge on any atom is 0.249 e. The van der Waals surface area contributed by atoms with Crippen LogP contribution in [0.2, 0.25) is 0 Å². The molecule has 0 unspecified atom stereocenters. The fraction of sp³-hybridized carbons (Fsp3) is 0.294. The molecular weight excluding hydrogens is 326 g/mol. The van der Waals surface area contributed by atoms with Crippen molar-refractivity contribution in [2.75, 3.05) is 5.32 Å². The Labute approximate surface area is 143 Å². The number of carbonyl (C=O) groups is 3. The molecule has 1 aliphatic rings. The van der Waals surface area contributed by atoms with Gasteiger partial charge in [0.2, 0.25) is 17.7 Å². The van der Waals surface area contributed by atoms with Gasteiger partial charge in [0.25, 0.3) is 0 Å². The topological polar surface area (TPSA) is 79.4 Å². The fourth-order valence-corrected chi connectivity index (χ4v) is 3.45. The van der Waals surface area contributed by atoms with E-state index in [2.05, 4.69) is 10.3 Å². The molecule has 1 fully saturated rings. The maximum absolute atomic E-state index is 12.3. The number of aromatic nitrogens is 1. The van der Waals surface area contributed by atoms with Gasteiger partial charge in [-0.1, -0.05) is 30.3 Å². The largest absolute Gasteiger partial charge is 0.300 e. The molecule has 0 saturated carbocycles. The molecule has 1 atom stereocenters. The van der Waals surface area contributed by atoms with Crippen molar-refractivity contribution in [3.63, 3.8) is 0 Å². The zero-order valence-corrected chi connectivity index (χ0v) is 14.0. The number of anilines is 1. The Balaban J connectivity index is 1.63. The first-order chi connectivity index (χ1) is 11.5. The number of thiazole rings is 1. The Kier molecular flexibility index (Phi) is 4.71. The number of carbonyl (C=O) groups excluding carboxylic acids is 3. The SMILES string of the molecule is C[C@@H](C(=O)Nc1ncc(Cc2ccccc2)s1)N1C(=O)CCC1=O. The van der Waals surface area contributed by atoms with Gasteiger partial charge >= 0.3 is 0 Å². The molecule has 1 aliphatic heterocycles. The normalized spacial score (nSPS) is 15.6. The first-order valence-corrected chi connectivity index (χ1v) is 8.50. The van der Waals surface area contributed by atoms with E-state index in [1.54, 1.807) is 13.1 Å². The maximum atomic E-state index is 12.3. The Bertz CT molecular complexity index is 756. The van der Waals surface area contributed by atoms with Crippen LogP contribution in [0.3, 0.4) is 0 Å². The van der Waals surface area contributed by atoms with Gasteiger partial charge in [-0.3, -0.25) is 19.3 Å². The van der Waals surface area contributed by atoms with Crippen molar-refractivity contribution in [1.82, 2.24) is 9.88 Å². The molecule has 1 N–H and O–H groups in total. The van der Waals surface area contributed by atoms with Crippen molar-refractivity contribution < 1.29 is 14.4 Å². The summed E-state index contributed by atoms with van der Waals surface area (Å²) < 4.78 is 0. The van der Waals surface area contributed by atoms with Crippen LogP contribution in [0.25, 0.3) is 0 Å². The minimum atomic E-state index is -0.825. The molecule has 6 nitrogen and oxygen atoms in total. The van der Waals surface area contributed by atoms with Gasteiger partial charge in [-0.2, -0.15) is 0 Å². The summed E-state index contributed by atoms with van der Waals surface area (Å²) in [6.07, 6.45) is 2.82. The molecule has 1 saturated heterocycles. The predicted molar refractivity (Wildman–Crippen MR) is 90.5 cm³/mol. The highest BCUT2D eigenvalue weighted by Crippen LogP contribution is 2.22. The molecule has 1 aromatic carbocycles. The molecule has 7 heteroatoms. The van der Waals surface area contributed by atoms with Crippen LogP contribution in [0, 0.1) is 0 Å². The molecule has 3 amide bonds. The quantitative estimate of drug-likeness (QED) is 0.844. The van der Waals surface area contributed by atoms with Crippen molar-refractivity contribution in [1.29, 1.82) is 0 Å². The summed E-state index contributed by atoms with van der Waals surface area (Å²) in [5.74, 6) is -1.00. The summed E-state index contributed by atoms with van der Waals surface area (Å²) in [7, 11) is 0. The lowest BCUT2D eigenvalue weighted by molar-refractivity contribution is -0.144. The second-order valence-electron chi connectivity index (χ2n) is 5.62. The molecule has 1 aromatic heterocycles. The number of imide groups is 1. The third kappa shape index (κ3) is 3.51. The number of benzene rings is 1. The van der Waals surface area contributed by atoms with Crippen molar-refractivity contribution in [3.8, 4) is 0 Å². The predicted octanol–water partition coefficient (Wildman–Crippen LogP) is 2.21. The average molecular weight is 343 g/mol. The van der Waals surface area contributed by atoms with Crippen LogP contribution >= 0.6 is 11.3 Å². The number of rotatable bonds is 5. The summed E-state index contributed by atoms with van der Waals surface area (Å²) in [5.41, 5.74) is 1.17. The van der Waals surface area contributed by atoms with E-state index in [9.17, 15) is 14.4 Å². The highest BCUT2D eigenvalue weighted by molar-refractivity contribution is 7.15. The van der Waals surface area contributed by atoms with Crippen molar-refractivity contribution in [2.45, 2.75) is 32.2 Å². The highest BCUT2D eigenvalue weighted by atomic mass is 32.1. The lowest BCUT2D eigenvalue weighted by Crippen LogP contribution is -2.44. The number of likely N-dealkylation sites (tertiary alicyclic amines) is 1. The molecule has 0 bridgehead atoms. The standard InChI is InChI=1S/C17H17N3O3S/c1-11(20-14(21)7-8-15(20)22)16(23)19-17-18-10-13(24-17)9-12-5-3-2-4-6-12/h2-6,10-11H,7-9H2,1H3,(H,18,19,23)/t11-/m0/s1. The molecule has 24 heavy (non-hydrogen) atoms. The van der Waals surface area contributed by atoms with Gasteiger partial charge in [0.05, 0.1) is 0 Å². The van der Waals surface area contributed by atoms with E-state index in [0.717, 1.165) is 16.2 Å². The average Bonchev–Trinajstić information content (AvgIpc) is 3.14. The third-order valence-corrected chi connectivity index (χ3v) is 4.77. The third-order valence-electron chi connectivity index (χ3n) is 3.86. The second-order valence-corrected chi connectivity index (χ2v) is 6.73. The molecule has 0 radical (unpaired) electrons. The van der Waals surface area contributed by atoms with Crippen LogP contribution in [0.15, 0.2) is 36.5 Å². The van der Waals surface area contributed by atoms with Gasteiger partial charge in [-0.15, -0.1) is 11.3 Å². The zero-order valence-electron chi connectivity index (χ0n) is 13.2. The Hall–Kier alpha value is -2.54. The van der Waals surface area contributed by atoms with E-state index in [1.165, 1.54) is 16.9 Å². The number of hydrogen-bond acceptors (Lipinski definition) is 5. The van der Waals surface area contributed by atoms with Crippen LogP contribution < -0.4 is 5.32 Å². The molecule has 0 spiro atoms. The monoisotopic (exact) mass is 343 g/mol. The van der Waals surface area contributed by atoms with E-state index in [1.807, 2.05) is 30.3 Å². The van der Waals surface area contributed by atoms with Crippen molar-refractivity contribution in [3.05, 3.63) is 47.0 Å². The lowest BCUT2D eigenvalue weighted by atomic mass is 10.1. The van der Waals surface area contributed by atoms with Gasteiger partial charge in [0, 0.05) is 30.3 Å². The van der Waals surface area contributed by atoms with E-state index < -0.39 is 11.9 Å². The zero-order chi connectivity index (χ0) is 17.1. The minimum Gasteiger partial charge on any atom is -0.300 e. The number of amides is 3. The van der Waals surface area contributed by atoms with Crippen LogP contribution in [0.4, 0.5) is 5.13 Å². The summed E-state index contributed by atoms with van der Waals surface area (Å²) in [6, 6.07) is 9.16. The summed E-state index contributed by atoms with van der Waals surface area (Å²) in [4.78, 5) is 41.9. The molecule has 124 valence electrons. The van der Waals surface area contributed by atoms with Crippen molar-refractivity contribution >= 4 is 34.2 Å². The smallest absolute Gasteiger partial charge is 0.249 e.